The number of rotatable bonds is 4. The van der Waals surface area contributed by atoms with Gasteiger partial charge in [-0.1, -0.05) is 50.6 Å². The maximum Gasteiger partial charge on any atom is 0.317 e. The zero-order valence-electron chi connectivity index (χ0n) is 15.1. The molecule has 0 N–H and O–H groups in total. The van der Waals surface area contributed by atoms with Crippen molar-refractivity contribution in [3.05, 3.63) is 35.9 Å². The summed E-state index contributed by atoms with van der Waals surface area (Å²) in [5.41, 5.74) is 0.882. The van der Waals surface area contributed by atoms with Gasteiger partial charge in [-0.05, 0) is 43.6 Å². The van der Waals surface area contributed by atoms with Crippen molar-refractivity contribution in [2.75, 3.05) is 13.3 Å². The minimum Gasteiger partial charge on any atom is -0.449 e. The van der Waals surface area contributed by atoms with Crippen LogP contribution >= 0.6 is 12.4 Å². The van der Waals surface area contributed by atoms with Crippen LogP contribution in [0.1, 0.15) is 58.4 Å². The molecule has 134 valence electrons. The summed E-state index contributed by atoms with van der Waals surface area (Å²) < 4.78 is 5.79. The fraction of sp³-hybridized carbons (Fsp3) is 0.650. The van der Waals surface area contributed by atoms with Gasteiger partial charge in [-0.2, -0.15) is 0 Å². The van der Waals surface area contributed by atoms with E-state index >= 15 is 0 Å². The highest BCUT2D eigenvalue weighted by atomic mass is 35.5. The van der Waals surface area contributed by atoms with Crippen LogP contribution in [0.2, 0.25) is 0 Å². The molecular weight excluding hydrogens is 322 g/mol. The number of piperidine rings is 1. The topological polar surface area (TPSA) is 29.5 Å². The molecule has 1 heterocycles. The summed E-state index contributed by atoms with van der Waals surface area (Å²) in [4.78, 5) is 15.2. The third-order valence-electron chi connectivity index (χ3n) is 5.58. The Hall–Kier alpha value is -1.06. The number of hydrogen-bond acceptors (Lipinski definition) is 3. The molecule has 24 heavy (non-hydrogen) atoms. The average Bonchev–Trinajstić information content (AvgIpc) is 2.52. The Bertz CT molecular complexity index is 550. The minimum atomic E-state index is -0.441. The van der Waals surface area contributed by atoms with E-state index in [-0.39, 0.29) is 23.8 Å². The second kappa shape index (κ2) is 7.45. The zero-order valence-corrected chi connectivity index (χ0v) is 15.9. The number of carbonyl (C=O) groups is 1. The number of esters is 1. The highest BCUT2D eigenvalue weighted by Crippen LogP contribution is 2.56. The van der Waals surface area contributed by atoms with Gasteiger partial charge in [0.2, 0.25) is 0 Å². The third kappa shape index (κ3) is 3.78. The van der Waals surface area contributed by atoms with Crippen LogP contribution in [0.5, 0.6) is 0 Å². The Morgan fingerprint density at radius 3 is 2.46 bits per heavy atom. The van der Waals surface area contributed by atoms with Crippen LogP contribution < -0.4 is 0 Å². The summed E-state index contributed by atoms with van der Waals surface area (Å²) in [7, 11) is 0. The molecule has 1 atom stereocenters. The van der Waals surface area contributed by atoms with Crippen molar-refractivity contribution in [2.24, 2.45) is 5.41 Å². The first kappa shape index (κ1) is 19.3. The number of carbonyl (C=O) groups excluding carboxylic acids is 1. The van der Waals surface area contributed by atoms with Crippen molar-refractivity contribution in [2.45, 2.75) is 64.3 Å². The molecule has 1 saturated carbocycles. The Balaban J connectivity index is 0.00000208. The third-order valence-corrected chi connectivity index (χ3v) is 5.58. The Labute approximate surface area is 152 Å². The lowest BCUT2D eigenvalue weighted by Gasteiger charge is -2.51. The van der Waals surface area contributed by atoms with Crippen molar-refractivity contribution < 1.29 is 9.53 Å². The fourth-order valence-electron chi connectivity index (χ4n) is 4.43. The van der Waals surface area contributed by atoms with Crippen molar-refractivity contribution >= 4 is 18.4 Å². The zero-order chi connectivity index (χ0) is 16.5. The normalized spacial score (nSPS) is 25.2. The predicted molar refractivity (Wildman–Crippen MR) is 99.4 cm³/mol. The van der Waals surface area contributed by atoms with Crippen LogP contribution in [0.25, 0.3) is 0 Å². The van der Waals surface area contributed by atoms with E-state index in [4.69, 9.17) is 4.74 Å². The van der Waals surface area contributed by atoms with Crippen LogP contribution in [0.3, 0.4) is 0 Å². The second-order valence-corrected chi connectivity index (χ2v) is 8.18. The molecule has 1 aromatic rings. The molecule has 1 unspecified atom stereocenters. The molecule has 0 spiro atoms. The molecule has 0 radical (unpaired) electrons. The second-order valence-electron chi connectivity index (χ2n) is 8.18. The SMILES string of the molecule is CC1CCCCN1COC(=O)C1(c2ccccc2)CC(C)(C)C1.Cl. The molecule has 1 aromatic carbocycles. The molecule has 4 heteroatoms. The predicted octanol–water partition coefficient (Wildman–Crippen LogP) is 4.54. The summed E-state index contributed by atoms with van der Waals surface area (Å²) in [6, 6.07) is 10.7. The van der Waals surface area contributed by atoms with Crippen molar-refractivity contribution in [3.63, 3.8) is 0 Å². The minimum absolute atomic E-state index is 0. The van der Waals surface area contributed by atoms with Gasteiger partial charge in [0.1, 0.15) is 6.73 Å². The van der Waals surface area contributed by atoms with Gasteiger partial charge >= 0.3 is 5.97 Å². The van der Waals surface area contributed by atoms with Crippen LogP contribution in [0.4, 0.5) is 0 Å². The summed E-state index contributed by atoms with van der Waals surface area (Å²) >= 11 is 0. The molecule has 3 rings (SSSR count). The van der Waals surface area contributed by atoms with Gasteiger partial charge in [-0.15, -0.1) is 12.4 Å². The van der Waals surface area contributed by atoms with E-state index in [1.54, 1.807) is 0 Å². The van der Waals surface area contributed by atoms with E-state index in [2.05, 4.69) is 37.8 Å². The van der Waals surface area contributed by atoms with E-state index in [0.717, 1.165) is 24.9 Å². The van der Waals surface area contributed by atoms with E-state index in [9.17, 15) is 4.79 Å². The quantitative estimate of drug-likeness (QED) is 0.746. The smallest absolute Gasteiger partial charge is 0.317 e. The van der Waals surface area contributed by atoms with Crippen molar-refractivity contribution in [1.29, 1.82) is 0 Å². The molecule has 1 aliphatic carbocycles. The lowest BCUT2D eigenvalue weighted by molar-refractivity contribution is -0.166. The molecule has 0 amide bonds. The van der Waals surface area contributed by atoms with Crippen molar-refractivity contribution in [3.8, 4) is 0 Å². The Morgan fingerprint density at radius 2 is 1.88 bits per heavy atom. The number of hydrogen-bond donors (Lipinski definition) is 0. The fourth-order valence-corrected chi connectivity index (χ4v) is 4.43. The van der Waals surface area contributed by atoms with Crippen LogP contribution in [-0.4, -0.2) is 30.2 Å². The highest BCUT2D eigenvalue weighted by molar-refractivity contribution is 5.85. The van der Waals surface area contributed by atoms with E-state index in [1.807, 2.05) is 18.2 Å². The first-order chi connectivity index (χ1) is 10.9. The monoisotopic (exact) mass is 351 g/mol. The standard InChI is InChI=1S/C20H29NO2.ClH/c1-16-9-7-8-12-21(16)15-23-18(22)20(13-19(2,3)14-20)17-10-5-4-6-11-17;/h4-6,10-11,16H,7-9,12-15H2,1-3H3;1H. The summed E-state index contributed by atoms with van der Waals surface area (Å²) in [6.07, 6.45) is 5.44. The van der Waals surface area contributed by atoms with Gasteiger partial charge in [-0.25, -0.2) is 0 Å². The van der Waals surface area contributed by atoms with Crippen LogP contribution in [0, 0.1) is 5.41 Å². The number of ether oxygens (including phenoxy) is 1. The van der Waals surface area contributed by atoms with E-state index in [0.29, 0.717) is 12.8 Å². The number of halogens is 1. The number of nitrogens with zero attached hydrogens (tertiary/aromatic N) is 1. The molecule has 0 aromatic heterocycles. The lowest BCUT2D eigenvalue weighted by Crippen LogP contribution is -2.53. The summed E-state index contributed by atoms with van der Waals surface area (Å²) in [5, 5.41) is 0. The van der Waals surface area contributed by atoms with Crippen molar-refractivity contribution in [1.82, 2.24) is 4.90 Å². The first-order valence-electron chi connectivity index (χ1n) is 8.90. The lowest BCUT2D eigenvalue weighted by atomic mass is 9.52. The van der Waals surface area contributed by atoms with Gasteiger partial charge in [0.05, 0.1) is 5.41 Å². The van der Waals surface area contributed by atoms with Gasteiger partial charge in [0.25, 0.3) is 0 Å². The molecule has 2 fully saturated rings. The Morgan fingerprint density at radius 1 is 1.21 bits per heavy atom. The van der Waals surface area contributed by atoms with Gasteiger partial charge in [0, 0.05) is 12.6 Å². The number of benzene rings is 1. The molecule has 3 nitrogen and oxygen atoms in total. The molecule has 0 bridgehead atoms. The average molecular weight is 352 g/mol. The van der Waals surface area contributed by atoms with Gasteiger partial charge in [0.15, 0.2) is 0 Å². The Kier molecular flexibility index (Phi) is 5.98. The highest BCUT2D eigenvalue weighted by Gasteiger charge is 2.56. The summed E-state index contributed by atoms with van der Waals surface area (Å²) in [6.45, 7) is 8.17. The number of likely N-dealkylation sites (tertiary alicyclic amines) is 1. The maximum atomic E-state index is 12.9. The van der Waals surface area contributed by atoms with Crippen LogP contribution in [-0.2, 0) is 14.9 Å². The molecule has 1 aliphatic heterocycles. The van der Waals surface area contributed by atoms with E-state index in [1.165, 1.54) is 19.3 Å². The largest absolute Gasteiger partial charge is 0.449 e. The molecule has 2 aliphatic rings. The maximum absolute atomic E-state index is 12.9. The molecule has 1 saturated heterocycles. The molecular formula is C20H30ClNO2. The summed E-state index contributed by atoms with van der Waals surface area (Å²) in [5.74, 6) is -0.0409. The van der Waals surface area contributed by atoms with Crippen LogP contribution in [0.15, 0.2) is 30.3 Å². The van der Waals surface area contributed by atoms with E-state index < -0.39 is 5.41 Å². The van der Waals surface area contributed by atoms with Gasteiger partial charge in [-0.3, -0.25) is 9.69 Å². The first-order valence-corrected chi connectivity index (χ1v) is 8.90. The van der Waals surface area contributed by atoms with Gasteiger partial charge < -0.3 is 4.74 Å².